The van der Waals surface area contributed by atoms with E-state index in [0.717, 1.165) is 0 Å². The van der Waals surface area contributed by atoms with E-state index >= 15 is 0 Å². The Morgan fingerprint density at radius 1 is 1.19 bits per heavy atom. The summed E-state index contributed by atoms with van der Waals surface area (Å²) >= 11 is 12.0. The summed E-state index contributed by atoms with van der Waals surface area (Å²) in [5.74, 6) is -0.366. The fraction of sp³-hybridized carbons (Fsp3) is 0.133. The Hall–Kier alpha value is -1.75. The largest absolute Gasteiger partial charge is 0.397 e. The van der Waals surface area contributed by atoms with Crippen LogP contribution in [0.5, 0.6) is 0 Å². The van der Waals surface area contributed by atoms with Gasteiger partial charge in [-0.1, -0.05) is 35.3 Å². The number of hydrogen-bond acceptors (Lipinski definition) is 3. The first kappa shape index (κ1) is 15.6. The zero-order chi connectivity index (χ0) is 15.4. The molecule has 0 atom stereocenters. The third-order valence-electron chi connectivity index (χ3n) is 2.96. The van der Waals surface area contributed by atoms with Crippen molar-refractivity contribution < 1.29 is 9.90 Å². The molecule has 0 aliphatic heterocycles. The van der Waals surface area contributed by atoms with Crippen molar-refractivity contribution in [3.63, 3.8) is 0 Å². The number of benzene rings is 2. The maximum absolute atomic E-state index is 12.7. The maximum atomic E-state index is 12.7. The molecule has 3 N–H and O–H groups in total. The van der Waals surface area contributed by atoms with E-state index in [9.17, 15) is 9.90 Å². The number of amides is 1. The fourth-order valence-electron chi connectivity index (χ4n) is 1.97. The Morgan fingerprint density at radius 3 is 2.57 bits per heavy atom. The van der Waals surface area contributed by atoms with Crippen molar-refractivity contribution in [1.29, 1.82) is 0 Å². The van der Waals surface area contributed by atoms with Crippen LogP contribution in [0.4, 0.5) is 11.4 Å². The summed E-state index contributed by atoms with van der Waals surface area (Å²) in [7, 11) is 0. The summed E-state index contributed by atoms with van der Waals surface area (Å²) in [6, 6.07) is 11.6. The molecule has 0 aliphatic rings. The van der Waals surface area contributed by atoms with Crippen LogP contribution in [0.1, 0.15) is 10.4 Å². The summed E-state index contributed by atoms with van der Waals surface area (Å²) in [5, 5.41) is 9.92. The van der Waals surface area contributed by atoms with Gasteiger partial charge in [-0.05, 0) is 30.3 Å². The third-order valence-corrected chi connectivity index (χ3v) is 3.52. The van der Waals surface area contributed by atoms with Gasteiger partial charge in [-0.2, -0.15) is 0 Å². The maximum Gasteiger partial charge on any atom is 0.259 e. The number of nitrogens with zero attached hydrogens (tertiary/aromatic N) is 1. The molecule has 2 aromatic carbocycles. The molecule has 2 rings (SSSR count). The number of carbonyl (C=O) groups is 1. The first-order chi connectivity index (χ1) is 10.0. The van der Waals surface area contributed by atoms with Crippen molar-refractivity contribution in [2.24, 2.45) is 0 Å². The van der Waals surface area contributed by atoms with E-state index in [-0.39, 0.29) is 24.6 Å². The van der Waals surface area contributed by atoms with Crippen molar-refractivity contribution in [2.75, 3.05) is 23.8 Å². The number of hydrogen-bond donors (Lipinski definition) is 2. The van der Waals surface area contributed by atoms with Gasteiger partial charge < -0.3 is 15.7 Å². The summed E-state index contributed by atoms with van der Waals surface area (Å²) in [4.78, 5) is 14.1. The molecule has 0 radical (unpaired) electrons. The summed E-state index contributed by atoms with van der Waals surface area (Å²) in [6.07, 6.45) is 0. The molecular weight excluding hydrogens is 311 g/mol. The molecule has 0 saturated heterocycles. The topological polar surface area (TPSA) is 66.6 Å². The van der Waals surface area contributed by atoms with Gasteiger partial charge in [-0.3, -0.25) is 4.79 Å². The fourth-order valence-corrected chi connectivity index (χ4v) is 2.34. The minimum Gasteiger partial charge on any atom is -0.397 e. The van der Waals surface area contributed by atoms with E-state index in [1.807, 2.05) is 0 Å². The van der Waals surface area contributed by atoms with Gasteiger partial charge in [-0.25, -0.2) is 0 Å². The van der Waals surface area contributed by atoms with E-state index in [1.54, 1.807) is 36.4 Å². The van der Waals surface area contributed by atoms with E-state index in [1.165, 1.54) is 11.0 Å². The second kappa shape index (κ2) is 6.80. The molecule has 6 heteroatoms. The van der Waals surface area contributed by atoms with E-state index in [4.69, 9.17) is 28.9 Å². The van der Waals surface area contributed by atoms with Gasteiger partial charge in [0.15, 0.2) is 0 Å². The van der Waals surface area contributed by atoms with Crippen molar-refractivity contribution in [3.05, 3.63) is 58.1 Å². The zero-order valence-electron chi connectivity index (χ0n) is 11.1. The molecule has 2 aromatic rings. The van der Waals surface area contributed by atoms with Crippen molar-refractivity contribution in [3.8, 4) is 0 Å². The molecule has 0 unspecified atom stereocenters. The van der Waals surface area contributed by atoms with Gasteiger partial charge in [0.05, 0.1) is 28.6 Å². The molecule has 4 nitrogen and oxygen atoms in total. The minimum absolute atomic E-state index is 0.107. The molecule has 21 heavy (non-hydrogen) atoms. The lowest BCUT2D eigenvalue weighted by Gasteiger charge is -2.24. The highest BCUT2D eigenvalue weighted by Crippen LogP contribution is 2.27. The van der Waals surface area contributed by atoms with Gasteiger partial charge in [-0.15, -0.1) is 0 Å². The molecule has 110 valence electrons. The van der Waals surface area contributed by atoms with Crippen LogP contribution in [0.3, 0.4) is 0 Å². The molecule has 0 aliphatic carbocycles. The van der Waals surface area contributed by atoms with Crippen molar-refractivity contribution in [1.82, 2.24) is 0 Å². The third kappa shape index (κ3) is 3.47. The van der Waals surface area contributed by atoms with E-state index in [2.05, 4.69) is 0 Å². The highest BCUT2D eigenvalue weighted by Gasteiger charge is 2.21. The summed E-state index contributed by atoms with van der Waals surface area (Å²) in [6.45, 7) is -0.0891. The average Bonchev–Trinajstić information content (AvgIpc) is 2.47. The first-order valence-electron chi connectivity index (χ1n) is 6.27. The lowest BCUT2D eigenvalue weighted by Crippen LogP contribution is -2.34. The summed E-state index contributed by atoms with van der Waals surface area (Å²) in [5.41, 5.74) is 7.13. The number of para-hydroxylation sites is 2. The monoisotopic (exact) mass is 324 g/mol. The van der Waals surface area contributed by atoms with Crippen LogP contribution in [0.2, 0.25) is 10.0 Å². The van der Waals surface area contributed by atoms with Crippen LogP contribution in [0.15, 0.2) is 42.5 Å². The van der Waals surface area contributed by atoms with Crippen LogP contribution < -0.4 is 10.6 Å². The number of nitrogen functional groups attached to an aromatic ring is 1. The number of aliphatic hydroxyl groups excluding tert-OH is 1. The number of carbonyl (C=O) groups excluding carboxylic acids is 1. The van der Waals surface area contributed by atoms with Crippen molar-refractivity contribution >= 4 is 40.5 Å². The molecule has 1 amide bonds. The molecule has 0 saturated carbocycles. The highest BCUT2D eigenvalue weighted by molar-refractivity contribution is 6.36. The molecule has 0 fully saturated rings. The number of anilines is 2. The predicted octanol–water partition coefficient (Wildman–Crippen LogP) is 3.21. The number of rotatable bonds is 4. The lowest BCUT2D eigenvalue weighted by atomic mass is 10.1. The first-order valence-corrected chi connectivity index (χ1v) is 7.02. The SMILES string of the molecule is Nc1ccccc1N(CCO)C(=O)c1cc(Cl)ccc1Cl. The van der Waals surface area contributed by atoms with Crippen LogP contribution in [-0.4, -0.2) is 24.2 Å². The smallest absolute Gasteiger partial charge is 0.259 e. The van der Waals surface area contributed by atoms with Crippen LogP contribution in [-0.2, 0) is 0 Å². The van der Waals surface area contributed by atoms with E-state index in [0.29, 0.717) is 21.4 Å². The Bertz CT molecular complexity index is 662. The molecule has 0 bridgehead atoms. The lowest BCUT2D eigenvalue weighted by molar-refractivity contribution is 0.0981. The Morgan fingerprint density at radius 2 is 1.90 bits per heavy atom. The van der Waals surface area contributed by atoms with Crippen LogP contribution >= 0.6 is 23.2 Å². The van der Waals surface area contributed by atoms with E-state index < -0.39 is 0 Å². The standard InChI is InChI=1S/C15H14Cl2N2O2/c16-10-5-6-12(17)11(9-10)15(21)19(7-8-20)14-4-2-1-3-13(14)18/h1-6,9,20H,7-8,18H2. The molecule has 0 spiro atoms. The van der Waals surface area contributed by atoms with Crippen molar-refractivity contribution in [2.45, 2.75) is 0 Å². The zero-order valence-corrected chi connectivity index (χ0v) is 12.6. The predicted molar refractivity (Wildman–Crippen MR) is 86.1 cm³/mol. The van der Waals surface area contributed by atoms with Gasteiger partial charge in [0, 0.05) is 11.6 Å². The quantitative estimate of drug-likeness (QED) is 0.848. The van der Waals surface area contributed by atoms with Gasteiger partial charge in [0.2, 0.25) is 0 Å². The second-order valence-electron chi connectivity index (χ2n) is 4.36. The Kier molecular flexibility index (Phi) is 5.07. The summed E-state index contributed by atoms with van der Waals surface area (Å²) < 4.78 is 0. The average molecular weight is 325 g/mol. The highest BCUT2D eigenvalue weighted by atomic mass is 35.5. The minimum atomic E-state index is -0.366. The Labute approximate surface area is 132 Å². The molecular formula is C15H14Cl2N2O2. The molecule has 0 heterocycles. The Balaban J connectivity index is 2.45. The van der Waals surface area contributed by atoms with Gasteiger partial charge >= 0.3 is 0 Å². The number of halogens is 2. The number of nitrogens with two attached hydrogens (primary N) is 1. The second-order valence-corrected chi connectivity index (χ2v) is 5.21. The van der Waals surface area contributed by atoms with Crippen LogP contribution in [0.25, 0.3) is 0 Å². The number of aliphatic hydroxyl groups is 1. The van der Waals surface area contributed by atoms with Crippen LogP contribution in [0, 0.1) is 0 Å². The van der Waals surface area contributed by atoms with Gasteiger partial charge in [0.1, 0.15) is 0 Å². The van der Waals surface area contributed by atoms with Gasteiger partial charge in [0.25, 0.3) is 5.91 Å². The normalized spacial score (nSPS) is 10.4. The molecule has 0 aromatic heterocycles.